The van der Waals surface area contributed by atoms with E-state index in [9.17, 15) is 9.59 Å². The molecule has 0 aromatic carbocycles. The van der Waals surface area contributed by atoms with Crippen LogP contribution < -0.4 is 5.32 Å². The fraction of sp³-hybridized carbons (Fsp3) is 0.818. The van der Waals surface area contributed by atoms with Gasteiger partial charge in [0, 0.05) is 0 Å². The van der Waals surface area contributed by atoms with Gasteiger partial charge in [0.1, 0.15) is 19.0 Å². The second-order valence-corrected chi connectivity index (χ2v) is 4.41. The minimum atomic E-state index is -0.409. The molecule has 1 aliphatic rings. The lowest BCUT2D eigenvalue weighted by atomic mass is 10.1. The van der Waals surface area contributed by atoms with Crippen molar-refractivity contribution in [2.45, 2.75) is 32.4 Å². The van der Waals surface area contributed by atoms with E-state index in [0.29, 0.717) is 25.6 Å². The number of hydrogen-bond acceptors (Lipinski definition) is 4. The molecule has 1 saturated heterocycles. The first-order valence-corrected chi connectivity index (χ1v) is 5.55. The van der Waals surface area contributed by atoms with Gasteiger partial charge in [-0.05, 0) is 12.3 Å². The third kappa shape index (κ3) is 5.82. The minimum Gasteiger partial charge on any atom is -0.371 e. The van der Waals surface area contributed by atoms with Crippen LogP contribution >= 0.6 is 0 Å². The molecule has 5 heteroatoms. The Balaban J connectivity index is 2.11. The van der Waals surface area contributed by atoms with Crippen LogP contribution in [0, 0.1) is 5.92 Å². The van der Waals surface area contributed by atoms with Crippen LogP contribution in [0.3, 0.4) is 0 Å². The van der Waals surface area contributed by atoms with E-state index in [0.717, 1.165) is 6.29 Å². The number of epoxide rings is 1. The number of aldehydes is 1. The van der Waals surface area contributed by atoms with Gasteiger partial charge in [-0.15, -0.1) is 0 Å². The van der Waals surface area contributed by atoms with Crippen LogP contribution in [-0.4, -0.2) is 44.2 Å². The van der Waals surface area contributed by atoms with E-state index < -0.39 is 6.04 Å². The maximum absolute atomic E-state index is 11.4. The molecule has 1 rings (SSSR count). The van der Waals surface area contributed by atoms with E-state index in [2.05, 4.69) is 5.32 Å². The van der Waals surface area contributed by atoms with Crippen molar-refractivity contribution < 1.29 is 19.1 Å². The van der Waals surface area contributed by atoms with E-state index in [1.807, 2.05) is 13.8 Å². The third-order valence-corrected chi connectivity index (χ3v) is 2.18. The Kier molecular flexibility index (Phi) is 5.42. The van der Waals surface area contributed by atoms with Gasteiger partial charge in [0.25, 0.3) is 0 Å². The highest BCUT2D eigenvalue weighted by molar-refractivity contribution is 5.80. The summed E-state index contributed by atoms with van der Waals surface area (Å²) in [5.74, 6) is 0.120. The Morgan fingerprint density at radius 3 is 2.81 bits per heavy atom. The smallest absolute Gasteiger partial charge is 0.246 e. The summed E-state index contributed by atoms with van der Waals surface area (Å²) >= 11 is 0. The number of ether oxygens (including phenoxy) is 2. The van der Waals surface area contributed by atoms with Crippen molar-refractivity contribution in [3.63, 3.8) is 0 Å². The number of carbonyl (C=O) groups excluding carboxylic acids is 2. The van der Waals surface area contributed by atoms with Crippen LogP contribution in [0.4, 0.5) is 0 Å². The lowest BCUT2D eigenvalue weighted by Crippen LogP contribution is -2.39. The van der Waals surface area contributed by atoms with Crippen LogP contribution in [0.25, 0.3) is 0 Å². The monoisotopic (exact) mass is 229 g/mol. The maximum atomic E-state index is 11.4. The number of hydrogen-bond donors (Lipinski definition) is 1. The molecule has 0 saturated carbocycles. The fourth-order valence-corrected chi connectivity index (χ4v) is 1.35. The molecule has 0 aromatic rings. The predicted octanol–water partition coefficient (Wildman–Crippen LogP) is 0.132. The first-order valence-electron chi connectivity index (χ1n) is 5.55. The minimum absolute atomic E-state index is 0.0116. The van der Waals surface area contributed by atoms with Crippen LogP contribution in [0.5, 0.6) is 0 Å². The zero-order valence-electron chi connectivity index (χ0n) is 9.77. The Morgan fingerprint density at radius 1 is 1.62 bits per heavy atom. The van der Waals surface area contributed by atoms with Gasteiger partial charge in [-0.2, -0.15) is 0 Å². The highest BCUT2D eigenvalue weighted by atomic mass is 16.6. The number of nitrogens with one attached hydrogen (secondary N) is 1. The van der Waals surface area contributed by atoms with Gasteiger partial charge >= 0.3 is 0 Å². The summed E-state index contributed by atoms with van der Waals surface area (Å²) in [6.07, 6.45) is 1.58. The summed E-state index contributed by atoms with van der Waals surface area (Å²) in [5, 5.41) is 2.62. The van der Waals surface area contributed by atoms with Crippen LogP contribution in [0.2, 0.25) is 0 Å². The van der Waals surface area contributed by atoms with E-state index in [1.54, 1.807) is 0 Å². The quantitative estimate of drug-likeness (QED) is 0.474. The van der Waals surface area contributed by atoms with Crippen molar-refractivity contribution in [1.82, 2.24) is 5.32 Å². The zero-order valence-corrected chi connectivity index (χ0v) is 9.77. The molecule has 1 aliphatic heterocycles. The molecular formula is C11H19NO4. The summed E-state index contributed by atoms with van der Waals surface area (Å²) in [6, 6.07) is -0.409. The SMILES string of the molecule is CC(C)CC(C=O)NC(=O)COCC1CO1. The largest absolute Gasteiger partial charge is 0.371 e. The average molecular weight is 229 g/mol. The molecule has 2 unspecified atom stereocenters. The first-order chi connectivity index (χ1) is 7.61. The summed E-state index contributed by atoms with van der Waals surface area (Å²) < 4.78 is 10.0. The molecule has 1 heterocycles. The molecule has 1 N–H and O–H groups in total. The molecule has 16 heavy (non-hydrogen) atoms. The molecule has 0 radical (unpaired) electrons. The Morgan fingerprint density at radius 2 is 2.31 bits per heavy atom. The van der Waals surface area contributed by atoms with Gasteiger partial charge in [0.2, 0.25) is 5.91 Å². The summed E-state index contributed by atoms with van der Waals surface area (Å²) in [5.41, 5.74) is 0. The molecule has 0 aromatic heterocycles. The Hall–Kier alpha value is -0.940. The molecule has 2 atom stereocenters. The van der Waals surface area contributed by atoms with Gasteiger partial charge in [0.05, 0.1) is 19.3 Å². The topological polar surface area (TPSA) is 67.9 Å². The highest BCUT2D eigenvalue weighted by Crippen LogP contribution is 2.08. The van der Waals surface area contributed by atoms with Gasteiger partial charge in [-0.1, -0.05) is 13.8 Å². The molecule has 5 nitrogen and oxygen atoms in total. The molecule has 1 amide bonds. The van der Waals surface area contributed by atoms with E-state index in [4.69, 9.17) is 9.47 Å². The van der Waals surface area contributed by atoms with E-state index >= 15 is 0 Å². The zero-order chi connectivity index (χ0) is 12.0. The molecular weight excluding hydrogens is 210 g/mol. The first kappa shape index (κ1) is 13.1. The van der Waals surface area contributed by atoms with Crippen LogP contribution in [0.15, 0.2) is 0 Å². The van der Waals surface area contributed by atoms with Gasteiger partial charge < -0.3 is 19.6 Å². The van der Waals surface area contributed by atoms with Crippen molar-refractivity contribution in [2.75, 3.05) is 19.8 Å². The predicted molar refractivity (Wildman–Crippen MR) is 58.0 cm³/mol. The van der Waals surface area contributed by atoms with Crippen molar-refractivity contribution in [3.05, 3.63) is 0 Å². The summed E-state index contributed by atoms with van der Waals surface area (Å²) in [4.78, 5) is 22.1. The number of rotatable bonds is 8. The summed E-state index contributed by atoms with van der Waals surface area (Å²) in [6.45, 7) is 5.16. The maximum Gasteiger partial charge on any atom is 0.246 e. The Bertz CT molecular complexity index is 238. The van der Waals surface area contributed by atoms with E-state index in [-0.39, 0.29) is 18.6 Å². The van der Waals surface area contributed by atoms with Crippen LogP contribution in [-0.2, 0) is 19.1 Å². The number of amides is 1. The highest BCUT2D eigenvalue weighted by Gasteiger charge is 2.22. The summed E-state index contributed by atoms with van der Waals surface area (Å²) in [7, 11) is 0. The molecule has 0 bridgehead atoms. The molecule has 0 spiro atoms. The van der Waals surface area contributed by atoms with Crippen molar-refractivity contribution >= 4 is 12.2 Å². The second kappa shape index (κ2) is 6.60. The van der Waals surface area contributed by atoms with Gasteiger partial charge in [-0.25, -0.2) is 0 Å². The van der Waals surface area contributed by atoms with Gasteiger partial charge in [0.15, 0.2) is 0 Å². The molecule has 1 fully saturated rings. The fourth-order valence-electron chi connectivity index (χ4n) is 1.35. The Labute approximate surface area is 95.5 Å². The van der Waals surface area contributed by atoms with Gasteiger partial charge in [-0.3, -0.25) is 4.79 Å². The molecule has 92 valence electrons. The van der Waals surface area contributed by atoms with Crippen molar-refractivity contribution in [2.24, 2.45) is 5.92 Å². The van der Waals surface area contributed by atoms with Crippen molar-refractivity contribution in [1.29, 1.82) is 0 Å². The van der Waals surface area contributed by atoms with Crippen LogP contribution in [0.1, 0.15) is 20.3 Å². The lowest BCUT2D eigenvalue weighted by Gasteiger charge is -2.14. The van der Waals surface area contributed by atoms with E-state index in [1.165, 1.54) is 0 Å². The lowest BCUT2D eigenvalue weighted by molar-refractivity contribution is -0.128. The standard InChI is InChI=1S/C11H19NO4/c1-8(2)3-9(4-13)12-11(14)7-15-5-10-6-16-10/h4,8-10H,3,5-7H2,1-2H3,(H,12,14). The number of carbonyl (C=O) groups is 2. The second-order valence-electron chi connectivity index (χ2n) is 4.41. The third-order valence-electron chi connectivity index (χ3n) is 2.18. The molecule has 0 aliphatic carbocycles. The van der Waals surface area contributed by atoms with Crippen molar-refractivity contribution in [3.8, 4) is 0 Å². The average Bonchev–Trinajstić information content (AvgIpc) is 3.00. The normalized spacial score (nSPS) is 20.6.